The van der Waals surface area contributed by atoms with Crippen molar-refractivity contribution in [3.8, 4) is 0 Å². The largest absolute Gasteiger partial charge is 0.790 e. The smallest absolute Gasteiger partial charge is 0.167 e. The van der Waals surface area contributed by atoms with Crippen molar-refractivity contribution in [3.05, 3.63) is 24.3 Å². The molecule has 0 unspecified atom stereocenters. The normalized spacial score (nSPS) is 25.7. The van der Waals surface area contributed by atoms with Crippen LogP contribution in [0, 0.1) is 0 Å². The van der Waals surface area contributed by atoms with Crippen molar-refractivity contribution in [2.24, 2.45) is 0 Å². The van der Waals surface area contributed by atoms with E-state index in [1.165, 1.54) is 17.2 Å². The Morgan fingerprint density at radius 3 is 2.83 bits per heavy atom. The van der Waals surface area contributed by atoms with E-state index in [1.54, 1.807) is 13.0 Å². The van der Waals surface area contributed by atoms with Crippen molar-refractivity contribution in [2.75, 3.05) is 25.1 Å². The van der Waals surface area contributed by atoms with E-state index in [1.807, 2.05) is 0 Å². The maximum absolute atomic E-state index is 10.6. The summed E-state index contributed by atoms with van der Waals surface area (Å²) < 4.78 is 21.6. The summed E-state index contributed by atoms with van der Waals surface area (Å²) in [6, 6.07) is 0. The summed E-state index contributed by atoms with van der Waals surface area (Å²) >= 11 is 0. The van der Waals surface area contributed by atoms with Crippen LogP contribution in [0.15, 0.2) is 24.3 Å². The number of anilines is 1. The third-order valence-electron chi connectivity index (χ3n) is 4.34. The zero-order valence-electron chi connectivity index (χ0n) is 15.3. The van der Waals surface area contributed by atoms with Crippen LogP contribution in [-0.4, -0.2) is 72.9 Å². The van der Waals surface area contributed by atoms with Gasteiger partial charge in [0.05, 0.1) is 27.4 Å². The van der Waals surface area contributed by atoms with E-state index in [4.69, 9.17) is 9.84 Å². The minimum absolute atomic E-state index is 0.0618. The lowest BCUT2D eigenvalue weighted by molar-refractivity contribution is -0.343. The van der Waals surface area contributed by atoms with Crippen LogP contribution < -0.4 is 15.1 Å². The van der Waals surface area contributed by atoms with Crippen LogP contribution in [-0.2, 0) is 13.8 Å². The van der Waals surface area contributed by atoms with Crippen LogP contribution in [0.25, 0.3) is 11.2 Å². The summed E-state index contributed by atoms with van der Waals surface area (Å²) in [6.07, 6.45) is -0.935. The number of nitrogens with one attached hydrogen (secondary N) is 1. The second kappa shape index (κ2) is 8.81. The van der Waals surface area contributed by atoms with E-state index in [9.17, 15) is 24.6 Å². The average Bonchev–Trinajstić information content (AvgIpc) is 3.22. The molecule has 0 aromatic carbocycles. The summed E-state index contributed by atoms with van der Waals surface area (Å²) in [4.78, 5) is 33.7. The minimum atomic E-state index is -5.25. The predicted octanol–water partition coefficient (Wildman–Crippen LogP) is -2.36. The third-order valence-corrected chi connectivity index (χ3v) is 4.80. The molecule has 1 aliphatic rings. The summed E-state index contributed by atoms with van der Waals surface area (Å²) in [5.74, 6) is 0.405. The van der Waals surface area contributed by atoms with Crippen LogP contribution in [0.3, 0.4) is 0 Å². The summed E-state index contributed by atoms with van der Waals surface area (Å²) in [7, 11) is -5.25. The summed E-state index contributed by atoms with van der Waals surface area (Å²) in [6.45, 7) is 1.36. The molecule has 0 spiro atoms. The molecule has 29 heavy (non-hydrogen) atoms. The Morgan fingerprint density at radius 1 is 1.38 bits per heavy atom. The molecule has 0 aliphatic carbocycles. The number of aliphatic hydroxyl groups excluding tert-OH is 3. The van der Waals surface area contributed by atoms with Gasteiger partial charge in [-0.25, -0.2) is 15.0 Å². The molecule has 0 radical (unpaired) electrons. The Bertz CT molecular complexity index is 931. The monoisotopic (exact) mass is 429 g/mol. The van der Waals surface area contributed by atoms with Gasteiger partial charge < -0.3 is 44.2 Å². The van der Waals surface area contributed by atoms with Crippen molar-refractivity contribution in [2.45, 2.75) is 31.5 Å². The number of aliphatic hydroxyl groups is 3. The van der Waals surface area contributed by atoms with Gasteiger partial charge in [-0.2, -0.15) is 0 Å². The molecule has 4 atom stereocenters. The highest BCUT2D eigenvalue weighted by atomic mass is 31.2. The van der Waals surface area contributed by atoms with E-state index < -0.39 is 39.0 Å². The Morgan fingerprint density at radius 2 is 2.14 bits per heavy atom. The molecule has 0 bridgehead atoms. The second-order valence-electron chi connectivity index (χ2n) is 6.43. The van der Waals surface area contributed by atoms with Crippen molar-refractivity contribution in [1.82, 2.24) is 19.5 Å². The topological polar surface area (TPSA) is 198 Å². The van der Waals surface area contributed by atoms with Gasteiger partial charge in [0.15, 0.2) is 23.2 Å². The number of fused-ring (bicyclic) bond motifs is 1. The molecule has 1 fully saturated rings. The van der Waals surface area contributed by atoms with E-state index in [2.05, 4.69) is 24.8 Å². The van der Waals surface area contributed by atoms with E-state index in [0.717, 1.165) is 5.57 Å². The minimum Gasteiger partial charge on any atom is -0.790 e. The number of ether oxygens (including phenoxy) is 1. The van der Waals surface area contributed by atoms with Crippen LogP contribution >= 0.6 is 7.82 Å². The highest BCUT2D eigenvalue weighted by molar-refractivity contribution is 7.43. The lowest BCUT2D eigenvalue weighted by Crippen LogP contribution is -2.34. The zero-order valence-corrected chi connectivity index (χ0v) is 16.2. The Balaban J connectivity index is 1.80. The van der Waals surface area contributed by atoms with Crippen LogP contribution in [0.2, 0.25) is 0 Å². The zero-order chi connectivity index (χ0) is 21.2. The Kier molecular flexibility index (Phi) is 6.61. The van der Waals surface area contributed by atoms with Crippen LogP contribution in [0.5, 0.6) is 0 Å². The van der Waals surface area contributed by atoms with Crippen molar-refractivity contribution >= 4 is 24.8 Å². The molecule has 14 heteroatoms. The summed E-state index contributed by atoms with van der Waals surface area (Å²) in [5, 5.41) is 32.4. The molecular formula is C15H20N5O8P-2. The first kappa shape index (κ1) is 21.7. The Labute approximate surface area is 164 Å². The van der Waals surface area contributed by atoms with Gasteiger partial charge in [-0.3, -0.25) is 4.57 Å². The average molecular weight is 429 g/mol. The molecule has 13 nitrogen and oxygen atoms in total. The third kappa shape index (κ3) is 4.97. The molecule has 0 saturated carbocycles. The molecule has 2 aromatic heterocycles. The molecule has 160 valence electrons. The van der Waals surface area contributed by atoms with Gasteiger partial charge in [0.1, 0.15) is 24.6 Å². The van der Waals surface area contributed by atoms with Gasteiger partial charge >= 0.3 is 0 Å². The van der Waals surface area contributed by atoms with Crippen molar-refractivity contribution in [1.29, 1.82) is 0 Å². The van der Waals surface area contributed by atoms with Crippen LogP contribution in [0.1, 0.15) is 13.2 Å². The first-order chi connectivity index (χ1) is 13.7. The number of phosphoric acid groups is 1. The van der Waals surface area contributed by atoms with E-state index in [0.29, 0.717) is 23.5 Å². The maximum Gasteiger partial charge on any atom is 0.167 e. The SMILES string of the molecule is C/C(=C/CNc1ncnc2c1ncn2[C@@H]1O[C@H](COP(=O)([O-])[O-])[C@@H](O)[C@H]1O)CO. The predicted molar refractivity (Wildman–Crippen MR) is 94.1 cm³/mol. The fourth-order valence-corrected chi connectivity index (χ4v) is 3.14. The first-order valence-corrected chi connectivity index (χ1v) is 10.0. The quantitative estimate of drug-likeness (QED) is 0.258. The van der Waals surface area contributed by atoms with Gasteiger partial charge in [-0.1, -0.05) is 11.6 Å². The molecule has 2 aromatic rings. The maximum atomic E-state index is 10.6. The molecule has 3 rings (SSSR count). The van der Waals surface area contributed by atoms with Gasteiger partial charge in [-0.15, -0.1) is 0 Å². The lowest BCUT2D eigenvalue weighted by Gasteiger charge is -2.30. The number of phosphoric ester groups is 1. The summed E-state index contributed by atoms with van der Waals surface area (Å²) in [5.41, 5.74) is 1.44. The highest BCUT2D eigenvalue weighted by Crippen LogP contribution is 2.34. The standard InChI is InChI=1S/C15H22N5O8P/c1-8(4-21)2-3-16-13-10-14(18-6-17-13)20(7-19-10)15-12(23)11(22)9(28-15)5-27-29(24,25)26/h2,6-7,9,11-12,15,21-23H,3-5H2,1H3,(H,16,17,18)(H2,24,25,26)/p-2/b8-2-/t9-,11-,12-,15-/m1/s1. The fourth-order valence-electron chi connectivity index (χ4n) is 2.82. The number of nitrogens with zero attached hydrogens (tertiary/aromatic N) is 4. The van der Waals surface area contributed by atoms with Gasteiger partial charge in [-0.05, 0) is 6.92 Å². The van der Waals surface area contributed by atoms with Gasteiger partial charge in [0, 0.05) is 6.54 Å². The fraction of sp³-hybridized carbons (Fsp3) is 0.533. The second-order valence-corrected chi connectivity index (χ2v) is 7.58. The number of hydrogen-bond donors (Lipinski definition) is 4. The highest BCUT2D eigenvalue weighted by Gasteiger charge is 2.44. The number of imidazole rings is 1. The van der Waals surface area contributed by atoms with E-state index in [-0.39, 0.29) is 6.61 Å². The first-order valence-electron chi connectivity index (χ1n) is 8.57. The van der Waals surface area contributed by atoms with Crippen LogP contribution in [0.4, 0.5) is 5.82 Å². The molecule has 3 heterocycles. The Hall–Kier alpha value is -1.96. The number of hydrogen-bond acceptors (Lipinski definition) is 12. The van der Waals surface area contributed by atoms with Gasteiger partial charge in [0.2, 0.25) is 0 Å². The molecule has 1 saturated heterocycles. The molecule has 1 aliphatic heterocycles. The van der Waals surface area contributed by atoms with Crippen molar-refractivity contribution < 1.29 is 38.9 Å². The molecular weight excluding hydrogens is 409 g/mol. The van der Waals surface area contributed by atoms with Crippen molar-refractivity contribution in [3.63, 3.8) is 0 Å². The number of rotatable bonds is 8. The lowest BCUT2D eigenvalue weighted by atomic mass is 10.1. The number of aromatic nitrogens is 4. The van der Waals surface area contributed by atoms with E-state index >= 15 is 0 Å². The molecule has 0 amide bonds. The van der Waals surface area contributed by atoms with Gasteiger partial charge in [0.25, 0.3) is 0 Å². The molecule has 4 N–H and O–H groups in total.